The molecule has 0 radical (unpaired) electrons. The van der Waals surface area contributed by atoms with Crippen molar-refractivity contribution in [1.29, 1.82) is 0 Å². The number of aromatic nitrogens is 2. The van der Waals surface area contributed by atoms with Crippen LogP contribution in [0.15, 0.2) is 18.2 Å². The number of nitrogens with zero attached hydrogens (tertiary/aromatic N) is 2. The van der Waals surface area contributed by atoms with E-state index in [1.165, 1.54) is 6.92 Å². The summed E-state index contributed by atoms with van der Waals surface area (Å²) in [7, 11) is 0. The highest BCUT2D eigenvalue weighted by Crippen LogP contribution is 2.31. The van der Waals surface area contributed by atoms with Crippen LogP contribution in [-0.2, 0) is 6.18 Å². The summed E-state index contributed by atoms with van der Waals surface area (Å²) in [6.07, 6.45) is -4.85. The van der Waals surface area contributed by atoms with Crippen LogP contribution in [-0.4, -0.2) is 27.7 Å². The Hall–Kier alpha value is -2.56. The Bertz CT molecular complexity index is 744. The fourth-order valence-corrected chi connectivity index (χ4v) is 1.78. The van der Waals surface area contributed by atoms with Crippen molar-refractivity contribution in [2.75, 3.05) is 17.2 Å². The van der Waals surface area contributed by atoms with Crippen molar-refractivity contribution in [1.82, 2.24) is 9.97 Å². The van der Waals surface area contributed by atoms with E-state index in [0.29, 0.717) is 18.2 Å². The summed E-state index contributed by atoms with van der Waals surface area (Å²) < 4.78 is 79.0. The Morgan fingerprint density at radius 3 is 2.20 bits per heavy atom. The maximum absolute atomic E-state index is 13.6. The molecule has 2 rings (SSSR count). The lowest BCUT2D eigenvalue weighted by atomic mass is 10.2. The Morgan fingerprint density at radius 2 is 1.68 bits per heavy atom. The van der Waals surface area contributed by atoms with Gasteiger partial charge in [-0.3, -0.25) is 0 Å². The molecule has 1 aromatic carbocycles. The molecule has 136 valence electrons. The van der Waals surface area contributed by atoms with Crippen molar-refractivity contribution in [3.63, 3.8) is 0 Å². The van der Waals surface area contributed by atoms with Gasteiger partial charge in [0.1, 0.15) is 17.3 Å². The number of nitrogens with one attached hydrogen (secondary N) is 2. The van der Waals surface area contributed by atoms with Crippen LogP contribution >= 0.6 is 0 Å². The summed E-state index contributed by atoms with van der Waals surface area (Å²) in [6.45, 7) is 1.04. The van der Waals surface area contributed by atoms with Crippen molar-refractivity contribution < 1.29 is 31.4 Å². The van der Waals surface area contributed by atoms with Gasteiger partial charge in [-0.25, -0.2) is 18.2 Å². The lowest BCUT2D eigenvalue weighted by molar-refractivity contribution is -0.141. The molecule has 11 heteroatoms. The molecule has 0 saturated carbocycles. The van der Waals surface area contributed by atoms with Crippen molar-refractivity contribution in [3.05, 3.63) is 41.3 Å². The predicted molar refractivity (Wildman–Crippen MR) is 76.8 cm³/mol. The number of halogens is 6. The second kappa shape index (κ2) is 7.13. The molecule has 0 aliphatic carbocycles. The van der Waals surface area contributed by atoms with Crippen LogP contribution in [0.25, 0.3) is 0 Å². The van der Waals surface area contributed by atoms with Gasteiger partial charge in [-0.15, -0.1) is 0 Å². The van der Waals surface area contributed by atoms with E-state index in [0.717, 1.165) is 0 Å². The molecule has 0 spiro atoms. The molecule has 0 amide bonds. The second-order valence-electron chi connectivity index (χ2n) is 5.06. The number of alkyl halides is 3. The molecule has 2 aromatic rings. The minimum Gasteiger partial charge on any atom is -0.394 e. The lowest BCUT2D eigenvalue weighted by Crippen LogP contribution is -2.22. The van der Waals surface area contributed by atoms with Gasteiger partial charge < -0.3 is 15.7 Å². The van der Waals surface area contributed by atoms with Gasteiger partial charge in [-0.2, -0.15) is 18.2 Å². The zero-order chi connectivity index (χ0) is 18.8. The first-order valence-corrected chi connectivity index (χ1v) is 6.85. The molecular formula is C14H12F6N4O. The number of aliphatic hydroxyl groups excluding tert-OH is 1. The summed E-state index contributed by atoms with van der Waals surface area (Å²) in [4.78, 5) is 6.91. The Kier molecular flexibility index (Phi) is 5.36. The van der Waals surface area contributed by atoms with Crippen molar-refractivity contribution in [2.45, 2.75) is 19.1 Å². The topological polar surface area (TPSA) is 70.1 Å². The van der Waals surface area contributed by atoms with E-state index in [-0.39, 0.29) is 0 Å². The van der Waals surface area contributed by atoms with Crippen molar-refractivity contribution >= 4 is 17.5 Å². The standard InChI is InChI=1S/C14H12F6N4O/c1-6(5-25)21-13-22-10(14(18,19)20)4-11(24-13)23-12-8(16)2-7(15)3-9(12)17/h2-4,6,25H,5H2,1H3,(H2,21,22,23,24)/t6-/m1/s1. The third-order valence-electron chi connectivity index (χ3n) is 2.93. The van der Waals surface area contributed by atoms with E-state index in [4.69, 9.17) is 5.11 Å². The molecule has 0 fully saturated rings. The van der Waals surface area contributed by atoms with Gasteiger partial charge in [0, 0.05) is 24.2 Å². The van der Waals surface area contributed by atoms with Crippen molar-refractivity contribution in [3.8, 4) is 0 Å². The van der Waals surface area contributed by atoms with E-state index in [9.17, 15) is 26.3 Å². The van der Waals surface area contributed by atoms with Crippen LogP contribution in [0.4, 0.5) is 43.8 Å². The van der Waals surface area contributed by atoms with Gasteiger partial charge in [-0.05, 0) is 6.92 Å². The average molecular weight is 366 g/mol. The molecule has 25 heavy (non-hydrogen) atoms. The maximum atomic E-state index is 13.6. The summed E-state index contributed by atoms with van der Waals surface area (Å²) in [6, 6.07) is 0.501. The number of rotatable bonds is 5. The molecule has 0 aliphatic heterocycles. The zero-order valence-corrected chi connectivity index (χ0v) is 12.6. The molecule has 0 bridgehead atoms. The smallest absolute Gasteiger partial charge is 0.394 e. The van der Waals surface area contributed by atoms with Crippen LogP contribution in [0.3, 0.4) is 0 Å². The highest BCUT2D eigenvalue weighted by atomic mass is 19.4. The Morgan fingerprint density at radius 1 is 1.08 bits per heavy atom. The van der Waals surface area contributed by atoms with E-state index in [1.807, 2.05) is 5.32 Å². The van der Waals surface area contributed by atoms with E-state index in [1.54, 1.807) is 0 Å². The second-order valence-corrected chi connectivity index (χ2v) is 5.06. The zero-order valence-electron chi connectivity index (χ0n) is 12.6. The quantitative estimate of drug-likeness (QED) is 0.707. The van der Waals surface area contributed by atoms with Gasteiger partial charge in [0.25, 0.3) is 0 Å². The van der Waals surface area contributed by atoms with Crippen LogP contribution in [0, 0.1) is 17.5 Å². The third-order valence-corrected chi connectivity index (χ3v) is 2.93. The predicted octanol–water partition coefficient (Wildman–Crippen LogP) is 3.45. The number of benzene rings is 1. The van der Waals surface area contributed by atoms with E-state index < -0.39 is 59.4 Å². The minimum atomic E-state index is -4.85. The molecule has 3 N–H and O–H groups in total. The van der Waals surface area contributed by atoms with Crippen LogP contribution in [0.1, 0.15) is 12.6 Å². The van der Waals surface area contributed by atoms with Gasteiger partial charge in [0.2, 0.25) is 5.95 Å². The van der Waals surface area contributed by atoms with Crippen LogP contribution in [0.2, 0.25) is 0 Å². The number of hydrogen-bond donors (Lipinski definition) is 3. The molecule has 1 heterocycles. The van der Waals surface area contributed by atoms with Gasteiger partial charge >= 0.3 is 6.18 Å². The lowest BCUT2D eigenvalue weighted by Gasteiger charge is -2.15. The largest absolute Gasteiger partial charge is 0.433 e. The summed E-state index contributed by atoms with van der Waals surface area (Å²) in [5, 5.41) is 13.4. The van der Waals surface area contributed by atoms with Gasteiger partial charge in [-0.1, -0.05) is 0 Å². The third kappa shape index (κ3) is 4.72. The van der Waals surface area contributed by atoms with E-state index >= 15 is 0 Å². The summed E-state index contributed by atoms with van der Waals surface area (Å²) in [5.74, 6) is -4.95. The first-order valence-electron chi connectivity index (χ1n) is 6.85. The molecule has 5 nitrogen and oxygen atoms in total. The Balaban J connectivity index is 2.44. The summed E-state index contributed by atoms with van der Waals surface area (Å²) in [5.41, 5.74) is -2.24. The normalized spacial score (nSPS) is 12.8. The number of hydrogen-bond acceptors (Lipinski definition) is 5. The van der Waals surface area contributed by atoms with Gasteiger partial charge in [0.05, 0.1) is 6.61 Å². The molecule has 1 atom stereocenters. The van der Waals surface area contributed by atoms with Gasteiger partial charge in [0.15, 0.2) is 17.3 Å². The van der Waals surface area contributed by atoms with Crippen molar-refractivity contribution in [2.24, 2.45) is 0 Å². The monoisotopic (exact) mass is 366 g/mol. The highest BCUT2D eigenvalue weighted by Gasteiger charge is 2.34. The maximum Gasteiger partial charge on any atom is 0.433 e. The molecular weight excluding hydrogens is 354 g/mol. The SMILES string of the molecule is C[C@H](CO)Nc1nc(Nc2c(F)cc(F)cc2F)cc(C(F)(F)F)n1. The molecule has 1 aromatic heterocycles. The van der Waals surface area contributed by atoms with E-state index in [2.05, 4.69) is 15.3 Å². The average Bonchev–Trinajstić information content (AvgIpc) is 2.49. The van der Waals surface area contributed by atoms with Crippen LogP contribution < -0.4 is 10.6 Å². The number of aliphatic hydroxyl groups is 1. The van der Waals surface area contributed by atoms with Crippen LogP contribution in [0.5, 0.6) is 0 Å². The Labute approximate surface area is 137 Å². The first-order chi connectivity index (χ1) is 11.6. The first kappa shape index (κ1) is 18.8. The minimum absolute atomic E-state index is 0.365. The molecule has 0 aliphatic rings. The fraction of sp³-hybridized carbons (Fsp3) is 0.286. The fourth-order valence-electron chi connectivity index (χ4n) is 1.78. The summed E-state index contributed by atoms with van der Waals surface area (Å²) >= 11 is 0. The number of anilines is 3. The molecule has 0 saturated heterocycles. The molecule has 0 unspecified atom stereocenters. The highest BCUT2D eigenvalue weighted by molar-refractivity contribution is 5.59.